The topological polar surface area (TPSA) is 67.5 Å². The van der Waals surface area contributed by atoms with Crippen LogP contribution in [-0.4, -0.2) is 67.5 Å². The summed E-state index contributed by atoms with van der Waals surface area (Å²) < 4.78 is 0. The fourth-order valence-corrected chi connectivity index (χ4v) is 7.32. The average Bonchev–Trinajstić information content (AvgIpc) is 3.35. The Morgan fingerprint density at radius 3 is 2.82 bits per heavy atom. The van der Waals surface area contributed by atoms with Crippen molar-refractivity contribution in [1.82, 2.24) is 15.2 Å². The van der Waals surface area contributed by atoms with E-state index in [1.54, 1.807) is 5.57 Å². The molecule has 0 bridgehead atoms. The molecule has 5 rings (SSSR count). The van der Waals surface area contributed by atoms with Gasteiger partial charge >= 0.3 is 0 Å². The van der Waals surface area contributed by atoms with E-state index in [9.17, 15) is 5.26 Å². The number of nitrogens with zero attached hydrogens (tertiary/aromatic N) is 5. The fourth-order valence-electron chi connectivity index (χ4n) is 7.32. The van der Waals surface area contributed by atoms with Crippen molar-refractivity contribution in [1.29, 1.82) is 5.26 Å². The van der Waals surface area contributed by atoms with Crippen LogP contribution < -0.4 is 10.2 Å². The Kier molecular flexibility index (Phi) is 8.69. The van der Waals surface area contributed by atoms with Crippen molar-refractivity contribution in [3.63, 3.8) is 0 Å². The van der Waals surface area contributed by atoms with Crippen LogP contribution in [0.15, 0.2) is 40.4 Å². The number of rotatable bonds is 8. The second kappa shape index (κ2) is 12.2. The smallest absolute Gasteiger partial charge is 0.101 e. The molecule has 4 unspecified atom stereocenters. The van der Waals surface area contributed by atoms with Crippen molar-refractivity contribution in [3.05, 3.63) is 46.7 Å². The Morgan fingerprint density at radius 1 is 1.21 bits per heavy atom. The maximum Gasteiger partial charge on any atom is 0.101 e. The summed E-state index contributed by atoms with van der Waals surface area (Å²) in [7, 11) is 1.90. The van der Waals surface area contributed by atoms with Crippen LogP contribution in [0.2, 0.25) is 0 Å². The molecule has 6 heteroatoms. The quantitative estimate of drug-likeness (QED) is 0.435. The van der Waals surface area contributed by atoms with Crippen molar-refractivity contribution in [3.8, 4) is 6.07 Å². The molecule has 2 aromatic rings. The number of aliphatic imine (C=N–C) groups is 1. The van der Waals surface area contributed by atoms with E-state index in [2.05, 4.69) is 71.4 Å². The molecule has 4 heterocycles. The first kappa shape index (κ1) is 27.8. The van der Waals surface area contributed by atoms with Crippen molar-refractivity contribution in [2.75, 3.05) is 38.1 Å². The molecule has 2 fully saturated rings. The van der Waals surface area contributed by atoms with Crippen molar-refractivity contribution < 1.29 is 0 Å². The van der Waals surface area contributed by atoms with Crippen LogP contribution in [0.4, 0.5) is 5.69 Å². The molecule has 6 nitrogen and oxygen atoms in total. The number of piperazine rings is 1. The van der Waals surface area contributed by atoms with E-state index in [1.807, 2.05) is 20.0 Å². The molecule has 5 atom stereocenters. The first-order valence-corrected chi connectivity index (χ1v) is 15.1. The van der Waals surface area contributed by atoms with Crippen molar-refractivity contribution in [2.24, 2.45) is 16.8 Å². The fraction of sp³-hybridized carbons (Fsp3) is 0.606. The molecule has 0 radical (unpaired) electrons. The van der Waals surface area contributed by atoms with E-state index in [-0.39, 0.29) is 0 Å². The molecule has 3 aliphatic heterocycles. The monoisotopic (exact) mass is 526 g/mol. The van der Waals surface area contributed by atoms with Gasteiger partial charge in [-0.1, -0.05) is 18.9 Å². The average molecular weight is 527 g/mol. The molecule has 0 aliphatic carbocycles. The van der Waals surface area contributed by atoms with Crippen LogP contribution >= 0.6 is 0 Å². The lowest BCUT2D eigenvalue weighted by Crippen LogP contribution is -2.55. The third-order valence-corrected chi connectivity index (χ3v) is 9.48. The number of aryl methyl sites for hydroxylation is 1. The lowest BCUT2D eigenvalue weighted by atomic mass is 9.85. The molecule has 0 spiro atoms. The summed E-state index contributed by atoms with van der Waals surface area (Å²) in [5, 5.41) is 14.4. The Labute approximate surface area is 235 Å². The third kappa shape index (κ3) is 6.05. The number of nitriles is 1. The summed E-state index contributed by atoms with van der Waals surface area (Å²) in [6.07, 6.45) is 9.60. The zero-order valence-electron chi connectivity index (χ0n) is 24.6. The van der Waals surface area contributed by atoms with Crippen LogP contribution in [0.1, 0.15) is 70.6 Å². The number of hydrogen-bond acceptors (Lipinski definition) is 6. The van der Waals surface area contributed by atoms with E-state index in [0.29, 0.717) is 23.7 Å². The Hall–Kier alpha value is -2.75. The maximum atomic E-state index is 9.65. The van der Waals surface area contributed by atoms with Gasteiger partial charge in [0.15, 0.2) is 0 Å². The normalized spacial score (nSPS) is 26.8. The molecular weight excluding hydrogens is 480 g/mol. The lowest BCUT2D eigenvalue weighted by molar-refractivity contribution is 0.163. The minimum atomic E-state index is 0.524. The zero-order valence-corrected chi connectivity index (χ0v) is 24.6. The van der Waals surface area contributed by atoms with Gasteiger partial charge in [-0.2, -0.15) is 5.26 Å². The molecule has 3 aliphatic rings. The van der Waals surface area contributed by atoms with E-state index in [4.69, 9.17) is 4.98 Å². The molecule has 1 aromatic carbocycles. The standard InChI is InChI=1S/C33H46N6/c1-6-25(14-29-18-36-23(3)13-28(29)17-35-5)8-9-26-15-30-21-38(19-24(4)39(30)20-26)32-12-10-27(16-34)33-31(32)11-7-22(2)37-33/h7,10-12,17,23-26,30,36H,6,8-9,13-15,18-21H2,1-5H3/b35-17-/t23-,24?,25?,26?,30?/m0/s1. The molecule has 0 saturated carbocycles. The third-order valence-electron chi connectivity index (χ3n) is 9.48. The van der Waals surface area contributed by atoms with Gasteiger partial charge in [0, 0.05) is 74.3 Å². The van der Waals surface area contributed by atoms with E-state index in [1.165, 1.54) is 49.9 Å². The number of nitrogens with one attached hydrogen (secondary N) is 1. The number of hydrogen-bond donors (Lipinski definition) is 1. The highest BCUT2D eigenvalue weighted by atomic mass is 15.3. The second-order valence-corrected chi connectivity index (χ2v) is 12.4. The molecule has 1 aromatic heterocycles. The zero-order chi connectivity index (χ0) is 27.5. The van der Waals surface area contributed by atoms with Crippen LogP contribution in [-0.2, 0) is 0 Å². The largest absolute Gasteiger partial charge is 0.368 e. The predicted octanol–water partition coefficient (Wildman–Crippen LogP) is 5.89. The van der Waals surface area contributed by atoms with Gasteiger partial charge in [-0.3, -0.25) is 14.9 Å². The van der Waals surface area contributed by atoms with Crippen molar-refractivity contribution in [2.45, 2.75) is 84.3 Å². The minimum absolute atomic E-state index is 0.524. The van der Waals surface area contributed by atoms with Crippen molar-refractivity contribution >= 4 is 22.8 Å². The molecule has 39 heavy (non-hydrogen) atoms. The highest BCUT2D eigenvalue weighted by Gasteiger charge is 2.40. The summed E-state index contributed by atoms with van der Waals surface area (Å²) in [5.41, 5.74) is 6.74. The molecule has 1 N–H and O–H groups in total. The number of benzene rings is 1. The second-order valence-electron chi connectivity index (χ2n) is 12.4. The van der Waals surface area contributed by atoms with Gasteiger partial charge in [0.2, 0.25) is 0 Å². The highest BCUT2D eigenvalue weighted by molar-refractivity contribution is 5.95. The number of anilines is 1. The van der Waals surface area contributed by atoms with E-state index < -0.39 is 0 Å². The Morgan fingerprint density at radius 2 is 2.05 bits per heavy atom. The predicted molar refractivity (Wildman–Crippen MR) is 163 cm³/mol. The van der Waals surface area contributed by atoms with Gasteiger partial charge in [-0.15, -0.1) is 0 Å². The van der Waals surface area contributed by atoms with Gasteiger partial charge in [0.1, 0.15) is 6.07 Å². The summed E-state index contributed by atoms with van der Waals surface area (Å²) in [5.74, 6) is 1.53. The van der Waals surface area contributed by atoms with Crippen LogP contribution in [0.25, 0.3) is 10.9 Å². The lowest BCUT2D eigenvalue weighted by Gasteiger charge is -2.43. The molecule has 208 valence electrons. The molecule has 2 saturated heterocycles. The van der Waals surface area contributed by atoms with Crippen LogP contribution in [0.5, 0.6) is 0 Å². The Bertz CT molecular complexity index is 1270. The number of aromatic nitrogens is 1. The SMILES string of the molecule is CCC(CCC1CC2CN(c3ccc(C#N)c4nc(C)ccc34)CC(C)N2C1)CC1=C(/C=N\C)C[C@H](C)NC1. The van der Waals surface area contributed by atoms with Crippen LogP contribution in [0.3, 0.4) is 0 Å². The van der Waals surface area contributed by atoms with Gasteiger partial charge in [0.25, 0.3) is 0 Å². The molecular formula is C33H46N6. The first-order valence-electron chi connectivity index (χ1n) is 15.1. The minimum Gasteiger partial charge on any atom is -0.368 e. The maximum absolute atomic E-state index is 9.65. The number of fused-ring (bicyclic) bond motifs is 2. The highest BCUT2D eigenvalue weighted by Crippen LogP contribution is 2.37. The molecule has 0 amide bonds. The van der Waals surface area contributed by atoms with E-state index in [0.717, 1.165) is 54.5 Å². The Balaban J connectivity index is 1.24. The van der Waals surface area contributed by atoms with Crippen LogP contribution in [0, 0.1) is 30.1 Å². The van der Waals surface area contributed by atoms with Gasteiger partial charge < -0.3 is 10.2 Å². The van der Waals surface area contributed by atoms with Gasteiger partial charge in [-0.05, 0) is 94.5 Å². The van der Waals surface area contributed by atoms with Gasteiger partial charge in [0.05, 0.1) is 11.1 Å². The van der Waals surface area contributed by atoms with Gasteiger partial charge in [-0.25, -0.2) is 0 Å². The first-order chi connectivity index (χ1) is 18.9. The number of pyridine rings is 1. The van der Waals surface area contributed by atoms with E-state index >= 15 is 0 Å². The summed E-state index contributed by atoms with van der Waals surface area (Å²) in [6.45, 7) is 13.4. The summed E-state index contributed by atoms with van der Waals surface area (Å²) >= 11 is 0. The summed E-state index contributed by atoms with van der Waals surface area (Å²) in [6, 6.07) is 12.3. The summed E-state index contributed by atoms with van der Waals surface area (Å²) in [4.78, 5) is 14.4.